The number of carbonyl (C=O) groups is 2. The standard InChI is InChI=1S/C20H23ClN2O4/c1-2-3-4-13-26-17-9-5-15(6-10-17)20(25)23-22-19(24)14-27-18-11-7-16(21)8-12-18/h5-12H,2-4,13-14H2,1H3,(H,22,24)(H,23,25). The maximum atomic E-state index is 12.0. The first-order valence-electron chi connectivity index (χ1n) is 8.79. The molecular formula is C20H23ClN2O4. The number of amides is 2. The summed E-state index contributed by atoms with van der Waals surface area (Å²) in [5, 5.41) is 0.580. The molecule has 2 rings (SSSR count). The van der Waals surface area contributed by atoms with Crippen LogP contribution in [0.15, 0.2) is 48.5 Å². The van der Waals surface area contributed by atoms with Gasteiger partial charge in [0, 0.05) is 10.6 Å². The van der Waals surface area contributed by atoms with Crippen LogP contribution in [-0.4, -0.2) is 25.0 Å². The third-order valence-electron chi connectivity index (χ3n) is 3.63. The van der Waals surface area contributed by atoms with Crippen LogP contribution in [0.2, 0.25) is 5.02 Å². The number of hydrogen-bond donors (Lipinski definition) is 2. The van der Waals surface area contributed by atoms with Crippen molar-refractivity contribution in [3.8, 4) is 11.5 Å². The zero-order chi connectivity index (χ0) is 19.5. The first kappa shape index (κ1) is 20.6. The number of rotatable bonds is 9. The SMILES string of the molecule is CCCCCOc1ccc(C(=O)NNC(=O)COc2ccc(Cl)cc2)cc1. The molecular weight excluding hydrogens is 368 g/mol. The fourth-order valence-corrected chi connectivity index (χ4v) is 2.29. The normalized spacial score (nSPS) is 10.1. The van der Waals surface area contributed by atoms with Crippen molar-refractivity contribution in [1.29, 1.82) is 0 Å². The first-order chi connectivity index (χ1) is 13.1. The summed E-state index contributed by atoms with van der Waals surface area (Å²) in [6.07, 6.45) is 3.27. The van der Waals surface area contributed by atoms with E-state index in [9.17, 15) is 9.59 Å². The second-order valence-electron chi connectivity index (χ2n) is 5.82. The maximum absolute atomic E-state index is 12.0. The Morgan fingerprint density at radius 2 is 1.52 bits per heavy atom. The van der Waals surface area contributed by atoms with Gasteiger partial charge in [-0.25, -0.2) is 0 Å². The second-order valence-corrected chi connectivity index (χ2v) is 6.26. The van der Waals surface area contributed by atoms with E-state index >= 15 is 0 Å². The van der Waals surface area contributed by atoms with Crippen LogP contribution >= 0.6 is 11.6 Å². The molecule has 0 aliphatic rings. The summed E-state index contributed by atoms with van der Waals surface area (Å²) in [5.41, 5.74) is 5.06. The minimum absolute atomic E-state index is 0.230. The molecule has 0 atom stereocenters. The van der Waals surface area contributed by atoms with E-state index in [2.05, 4.69) is 17.8 Å². The molecule has 2 aromatic rings. The highest BCUT2D eigenvalue weighted by atomic mass is 35.5. The van der Waals surface area contributed by atoms with Crippen LogP contribution in [0.1, 0.15) is 36.5 Å². The summed E-state index contributed by atoms with van der Waals surface area (Å²) in [5.74, 6) is 0.319. The Labute approximate surface area is 163 Å². The quantitative estimate of drug-likeness (QED) is 0.505. The fraction of sp³-hybridized carbons (Fsp3) is 0.300. The number of carbonyl (C=O) groups excluding carboxylic acids is 2. The Kier molecular flexibility index (Phi) is 8.45. The molecule has 0 aromatic heterocycles. The van der Waals surface area contributed by atoms with Crippen molar-refractivity contribution in [2.45, 2.75) is 26.2 Å². The maximum Gasteiger partial charge on any atom is 0.276 e. The molecule has 7 heteroatoms. The van der Waals surface area contributed by atoms with E-state index in [1.807, 2.05) is 0 Å². The average Bonchev–Trinajstić information content (AvgIpc) is 2.69. The first-order valence-corrected chi connectivity index (χ1v) is 9.16. The summed E-state index contributed by atoms with van der Waals surface area (Å²) >= 11 is 5.77. The third-order valence-corrected chi connectivity index (χ3v) is 3.88. The van der Waals surface area contributed by atoms with E-state index in [0.29, 0.717) is 28.7 Å². The number of hydrazine groups is 1. The van der Waals surface area contributed by atoms with Crippen molar-refractivity contribution in [1.82, 2.24) is 10.9 Å². The minimum Gasteiger partial charge on any atom is -0.494 e. The van der Waals surface area contributed by atoms with Gasteiger partial charge < -0.3 is 9.47 Å². The zero-order valence-electron chi connectivity index (χ0n) is 15.2. The van der Waals surface area contributed by atoms with E-state index in [1.54, 1.807) is 48.5 Å². The lowest BCUT2D eigenvalue weighted by atomic mass is 10.2. The van der Waals surface area contributed by atoms with Crippen molar-refractivity contribution < 1.29 is 19.1 Å². The van der Waals surface area contributed by atoms with Crippen molar-refractivity contribution in [3.63, 3.8) is 0 Å². The highest BCUT2D eigenvalue weighted by molar-refractivity contribution is 6.30. The van der Waals surface area contributed by atoms with E-state index in [-0.39, 0.29) is 6.61 Å². The molecule has 27 heavy (non-hydrogen) atoms. The zero-order valence-corrected chi connectivity index (χ0v) is 15.9. The predicted molar refractivity (Wildman–Crippen MR) is 104 cm³/mol. The van der Waals surface area contributed by atoms with Crippen LogP contribution in [0, 0.1) is 0 Å². The van der Waals surface area contributed by atoms with Crippen molar-refractivity contribution >= 4 is 23.4 Å². The Morgan fingerprint density at radius 3 is 2.19 bits per heavy atom. The molecule has 0 unspecified atom stereocenters. The summed E-state index contributed by atoms with van der Waals surface area (Å²) in [6.45, 7) is 2.56. The van der Waals surface area contributed by atoms with Gasteiger partial charge in [0.15, 0.2) is 6.61 Å². The van der Waals surface area contributed by atoms with Crippen LogP contribution in [0.4, 0.5) is 0 Å². The highest BCUT2D eigenvalue weighted by Crippen LogP contribution is 2.15. The van der Waals surface area contributed by atoms with Crippen molar-refractivity contribution in [2.75, 3.05) is 13.2 Å². The van der Waals surface area contributed by atoms with Gasteiger partial charge in [0.2, 0.25) is 0 Å². The van der Waals surface area contributed by atoms with Gasteiger partial charge in [-0.1, -0.05) is 31.4 Å². The number of nitrogens with one attached hydrogen (secondary N) is 2. The van der Waals surface area contributed by atoms with Gasteiger partial charge in [0.25, 0.3) is 11.8 Å². The van der Waals surface area contributed by atoms with Gasteiger partial charge in [0.05, 0.1) is 6.61 Å². The molecule has 0 aliphatic carbocycles. The Bertz CT molecular complexity index is 733. The molecule has 0 fully saturated rings. The smallest absolute Gasteiger partial charge is 0.276 e. The summed E-state index contributed by atoms with van der Waals surface area (Å²) < 4.78 is 10.9. The number of unbranched alkanes of at least 4 members (excludes halogenated alkanes) is 2. The number of halogens is 1. The monoisotopic (exact) mass is 390 g/mol. The lowest BCUT2D eigenvalue weighted by Crippen LogP contribution is -2.43. The molecule has 0 radical (unpaired) electrons. The van der Waals surface area contributed by atoms with E-state index in [0.717, 1.165) is 19.3 Å². The van der Waals surface area contributed by atoms with Crippen LogP contribution in [-0.2, 0) is 4.79 Å². The van der Waals surface area contributed by atoms with Gasteiger partial charge in [0.1, 0.15) is 11.5 Å². The summed E-state index contributed by atoms with van der Waals surface area (Å²) in [7, 11) is 0. The van der Waals surface area contributed by atoms with Gasteiger partial charge in [-0.15, -0.1) is 0 Å². The van der Waals surface area contributed by atoms with Gasteiger partial charge in [-0.3, -0.25) is 20.4 Å². The fourth-order valence-electron chi connectivity index (χ4n) is 2.16. The van der Waals surface area contributed by atoms with Crippen LogP contribution in [0.5, 0.6) is 11.5 Å². The Morgan fingerprint density at radius 1 is 0.889 bits per heavy atom. The molecule has 0 saturated heterocycles. The highest BCUT2D eigenvalue weighted by Gasteiger charge is 2.08. The molecule has 0 bridgehead atoms. The average molecular weight is 391 g/mol. The van der Waals surface area contributed by atoms with E-state index < -0.39 is 11.8 Å². The Hall–Kier alpha value is -2.73. The lowest BCUT2D eigenvalue weighted by Gasteiger charge is -2.10. The van der Waals surface area contributed by atoms with Crippen molar-refractivity contribution in [3.05, 3.63) is 59.1 Å². The molecule has 2 amide bonds. The number of benzene rings is 2. The van der Waals surface area contributed by atoms with Crippen molar-refractivity contribution in [2.24, 2.45) is 0 Å². The molecule has 0 heterocycles. The minimum atomic E-state index is -0.478. The largest absolute Gasteiger partial charge is 0.494 e. The van der Waals surface area contributed by atoms with Crippen LogP contribution < -0.4 is 20.3 Å². The van der Waals surface area contributed by atoms with Crippen LogP contribution in [0.3, 0.4) is 0 Å². The molecule has 0 aliphatic heterocycles. The molecule has 6 nitrogen and oxygen atoms in total. The topological polar surface area (TPSA) is 76.7 Å². The Balaban J connectivity index is 1.71. The van der Waals surface area contributed by atoms with Gasteiger partial charge in [-0.2, -0.15) is 0 Å². The lowest BCUT2D eigenvalue weighted by molar-refractivity contribution is -0.123. The number of ether oxygens (including phenoxy) is 2. The predicted octanol–water partition coefficient (Wildman–Crippen LogP) is 3.75. The summed E-state index contributed by atoms with van der Waals surface area (Å²) in [4.78, 5) is 23.8. The van der Waals surface area contributed by atoms with E-state index in [4.69, 9.17) is 21.1 Å². The molecule has 0 spiro atoms. The third kappa shape index (κ3) is 7.58. The van der Waals surface area contributed by atoms with Crippen LogP contribution in [0.25, 0.3) is 0 Å². The molecule has 2 N–H and O–H groups in total. The molecule has 144 valence electrons. The van der Waals surface area contributed by atoms with E-state index in [1.165, 1.54) is 0 Å². The second kappa shape index (κ2) is 11.1. The molecule has 2 aromatic carbocycles. The number of hydrogen-bond acceptors (Lipinski definition) is 4. The van der Waals surface area contributed by atoms with Gasteiger partial charge >= 0.3 is 0 Å². The van der Waals surface area contributed by atoms with Gasteiger partial charge in [-0.05, 0) is 55.0 Å². The summed E-state index contributed by atoms with van der Waals surface area (Å²) in [6, 6.07) is 13.4. The molecule has 0 saturated carbocycles.